The first-order valence-corrected chi connectivity index (χ1v) is 5.98. The third-order valence-electron chi connectivity index (χ3n) is 2.67. The number of hydrogen-bond donors (Lipinski definition) is 1. The van der Waals surface area contributed by atoms with Crippen molar-refractivity contribution in [2.45, 2.75) is 0 Å². The van der Waals surface area contributed by atoms with Crippen molar-refractivity contribution in [3.8, 4) is 0 Å². The van der Waals surface area contributed by atoms with Crippen molar-refractivity contribution in [2.75, 3.05) is 12.4 Å². The van der Waals surface area contributed by atoms with E-state index in [1.165, 1.54) is 10.8 Å². The van der Waals surface area contributed by atoms with E-state index < -0.39 is 0 Å². The standard InChI is InChI=1S/C10H8.C7H8N.CH3.Y/c1-2-6-10-8-4-3-7-9(10)5-1;1-8-7-5-3-2-4-6-7;;/h1-8H;3-6,8H,1H3;1H3;/q;2*-1;. The van der Waals surface area contributed by atoms with Gasteiger partial charge in [-0.15, -0.1) is 12.1 Å². The smallest absolute Gasteiger partial charge is 0.00123 e. The van der Waals surface area contributed by atoms with Crippen molar-refractivity contribution in [3.05, 3.63) is 86.3 Å². The van der Waals surface area contributed by atoms with Crippen LogP contribution in [0.15, 0.2) is 72.8 Å². The van der Waals surface area contributed by atoms with Gasteiger partial charge in [0.15, 0.2) is 0 Å². The van der Waals surface area contributed by atoms with Crippen LogP contribution in [0.4, 0.5) is 5.69 Å². The van der Waals surface area contributed by atoms with Gasteiger partial charge in [-0.1, -0.05) is 54.2 Å². The molecular formula is C18H19NY-2. The number of hydrogen-bond acceptors (Lipinski definition) is 1. The van der Waals surface area contributed by atoms with Crippen LogP contribution < -0.4 is 5.32 Å². The summed E-state index contributed by atoms with van der Waals surface area (Å²) in [6.07, 6.45) is 0. The number of rotatable bonds is 1. The molecule has 0 saturated carbocycles. The first-order chi connectivity index (χ1) is 8.90. The summed E-state index contributed by atoms with van der Waals surface area (Å²) in [5.74, 6) is 0. The molecule has 3 rings (SSSR count). The Labute approximate surface area is 147 Å². The Bertz CT molecular complexity index is 528. The van der Waals surface area contributed by atoms with Crippen LogP contribution in [0.1, 0.15) is 0 Å². The largest absolute Gasteiger partial charge is 0.409 e. The molecular weight excluding hydrogens is 319 g/mol. The molecule has 0 unspecified atom stereocenters. The molecule has 0 spiro atoms. The second-order valence-corrected chi connectivity index (χ2v) is 3.89. The Kier molecular flexibility index (Phi) is 9.97. The predicted octanol–water partition coefficient (Wildman–Crippen LogP) is 4.82. The molecule has 0 atom stereocenters. The van der Waals surface area contributed by atoms with Gasteiger partial charge in [0.25, 0.3) is 0 Å². The van der Waals surface area contributed by atoms with E-state index in [0.717, 1.165) is 5.69 Å². The molecule has 0 aromatic heterocycles. The second kappa shape index (κ2) is 10.6. The Morgan fingerprint density at radius 2 is 1.15 bits per heavy atom. The van der Waals surface area contributed by atoms with Crippen LogP contribution in [0.2, 0.25) is 0 Å². The SMILES string of the molecule is CNc1cc[c-]cc1.[CH3-].[Y].c1ccc2ccccc2c1. The van der Waals surface area contributed by atoms with E-state index in [4.69, 9.17) is 0 Å². The monoisotopic (exact) mass is 338 g/mol. The van der Waals surface area contributed by atoms with Crippen LogP contribution in [0.3, 0.4) is 0 Å². The Hall–Kier alpha value is -1.18. The Balaban J connectivity index is 0.000000336. The van der Waals surface area contributed by atoms with E-state index in [9.17, 15) is 0 Å². The van der Waals surface area contributed by atoms with Gasteiger partial charge in [-0.3, -0.25) is 0 Å². The molecule has 0 fully saturated rings. The van der Waals surface area contributed by atoms with Crippen molar-refractivity contribution >= 4 is 16.5 Å². The fourth-order valence-electron chi connectivity index (χ4n) is 1.69. The van der Waals surface area contributed by atoms with E-state index >= 15 is 0 Å². The van der Waals surface area contributed by atoms with Gasteiger partial charge in [0.1, 0.15) is 0 Å². The fourth-order valence-corrected chi connectivity index (χ4v) is 1.69. The van der Waals surface area contributed by atoms with Crippen LogP contribution in [-0.2, 0) is 32.7 Å². The maximum Gasteiger partial charge on any atom is 0.00123 e. The number of nitrogens with one attached hydrogen (secondary N) is 1. The summed E-state index contributed by atoms with van der Waals surface area (Å²) < 4.78 is 0. The number of fused-ring (bicyclic) bond motifs is 1. The molecule has 0 heterocycles. The average Bonchev–Trinajstić information content (AvgIpc) is 2.49. The topological polar surface area (TPSA) is 12.0 Å². The van der Waals surface area contributed by atoms with Crippen molar-refractivity contribution in [3.63, 3.8) is 0 Å². The summed E-state index contributed by atoms with van der Waals surface area (Å²) in [5.41, 5.74) is 1.13. The molecule has 0 amide bonds. The normalized spacial score (nSPS) is 8.45. The molecule has 1 nitrogen and oxygen atoms in total. The first kappa shape index (κ1) is 18.8. The van der Waals surface area contributed by atoms with Gasteiger partial charge in [-0.05, 0) is 10.8 Å². The van der Waals surface area contributed by atoms with Crippen LogP contribution >= 0.6 is 0 Å². The van der Waals surface area contributed by atoms with Gasteiger partial charge in [0.2, 0.25) is 0 Å². The molecule has 0 aliphatic rings. The molecule has 1 radical (unpaired) electrons. The van der Waals surface area contributed by atoms with Crippen molar-refractivity contribution in [1.29, 1.82) is 0 Å². The summed E-state index contributed by atoms with van der Waals surface area (Å²) in [5, 5.41) is 5.63. The van der Waals surface area contributed by atoms with Crippen LogP contribution in [0.5, 0.6) is 0 Å². The van der Waals surface area contributed by atoms with E-state index in [1.807, 2.05) is 31.3 Å². The molecule has 3 aromatic rings. The van der Waals surface area contributed by atoms with E-state index in [2.05, 4.69) is 59.9 Å². The molecule has 0 aliphatic carbocycles. The summed E-state index contributed by atoms with van der Waals surface area (Å²) >= 11 is 0. The molecule has 3 aromatic carbocycles. The maximum absolute atomic E-state index is 3.01. The van der Waals surface area contributed by atoms with Gasteiger partial charge < -0.3 is 12.7 Å². The third-order valence-corrected chi connectivity index (χ3v) is 2.67. The quantitative estimate of drug-likeness (QED) is 0.628. The number of benzene rings is 3. The molecule has 0 aliphatic heterocycles. The van der Waals surface area contributed by atoms with Crippen molar-refractivity contribution in [2.24, 2.45) is 0 Å². The van der Waals surface area contributed by atoms with Gasteiger partial charge in [0, 0.05) is 39.8 Å². The van der Waals surface area contributed by atoms with Gasteiger partial charge in [-0.25, -0.2) is 0 Å². The van der Waals surface area contributed by atoms with Gasteiger partial charge in [-0.2, -0.15) is 18.2 Å². The zero-order valence-electron chi connectivity index (χ0n) is 12.0. The summed E-state index contributed by atoms with van der Waals surface area (Å²) in [6.45, 7) is 0. The summed E-state index contributed by atoms with van der Waals surface area (Å²) in [4.78, 5) is 0. The minimum Gasteiger partial charge on any atom is -0.409 e. The van der Waals surface area contributed by atoms with Crippen LogP contribution in [0, 0.1) is 13.5 Å². The van der Waals surface area contributed by atoms with E-state index in [0.29, 0.717) is 0 Å². The zero-order chi connectivity index (χ0) is 12.6. The predicted molar refractivity (Wildman–Crippen MR) is 85.2 cm³/mol. The molecule has 20 heavy (non-hydrogen) atoms. The minimum atomic E-state index is 0. The molecule has 0 bridgehead atoms. The van der Waals surface area contributed by atoms with Gasteiger partial charge in [0.05, 0.1) is 0 Å². The minimum absolute atomic E-state index is 0. The molecule has 0 saturated heterocycles. The van der Waals surface area contributed by atoms with E-state index in [-0.39, 0.29) is 40.1 Å². The number of anilines is 1. The average molecular weight is 338 g/mol. The first-order valence-electron chi connectivity index (χ1n) is 5.98. The second-order valence-electron chi connectivity index (χ2n) is 3.89. The zero-order valence-corrected chi connectivity index (χ0v) is 14.8. The maximum atomic E-state index is 3.01. The van der Waals surface area contributed by atoms with Crippen LogP contribution in [0.25, 0.3) is 10.8 Å². The molecule has 101 valence electrons. The van der Waals surface area contributed by atoms with E-state index in [1.54, 1.807) is 0 Å². The van der Waals surface area contributed by atoms with Gasteiger partial charge >= 0.3 is 0 Å². The summed E-state index contributed by atoms with van der Waals surface area (Å²) in [7, 11) is 1.90. The summed E-state index contributed by atoms with van der Waals surface area (Å²) in [6, 6.07) is 27.3. The molecule has 1 N–H and O–H groups in total. The van der Waals surface area contributed by atoms with Crippen LogP contribution in [-0.4, -0.2) is 7.05 Å². The third kappa shape index (κ3) is 5.85. The Morgan fingerprint density at radius 1 is 0.750 bits per heavy atom. The Morgan fingerprint density at radius 3 is 1.45 bits per heavy atom. The van der Waals surface area contributed by atoms with Crippen molar-refractivity contribution < 1.29 is 32.7 Å². The fraction of sp³-hybridized carbons (Fsp3) is 0.0556. The molecule has 2 heteroatoms. The van der Waals surface area contributed by atoms with Crippen molar-refractivity contribution in [1.82, 2.24) is 0 Å².